The zero-order valence-corrected chi connectivity index (χ0v) is 9.95. The number of amides is 1. The Balaban J connectivity index is 2.28. The van der Waals surface area contributed by atoms with Gasteiger partial charge in [-0.1, -0.05) is 0 Å². The van der Waals surface area contributed by atoms with E-state index in [0.29, 0.717) is 19.5 Å². The molecule has 7 heteroatoms. The van der Waals surface area contributed by atoms with Crippen molar-refractivity contribution in [2.24, 2.45) is 5.73 Å². The van der Waals surface area contributed by atoms with E-state index in [2.05, 4.69) is 0 Å². The molecule has 3 N–H and O–H groups in total. The first-order valence-corrected chi connectivity index (χ1v) is 7.10. The number of hydrogen-bond acceptors (Lipinski definition) is 5. The lowest BCUT2D eigenvalue weighted by molar-refractivity contribution is -0.117. The van der Waals surface area contributed by atoms with Gasteiger partial charge in [-0.15, -0.1) is 0 Å². The van der Waals surface area contributed by atoms with Gasteiger partial charge in [0.2, 0.25) is 5.91 Å². The maximum absolute atomic E-state index is 11.5. The van der Waals surface area contributed by atoms with Crippen LogP contribution in [-0.2, 0) is 14.6 Å². The minimum absolute atomic E-state index is 0.0208. The third-order valence-corrected chi connectivity index (χ3v) is 4.26. The summed E-state index contributed by atoms with van der Waals surface area (Å²) < 4.78 is 23.0. The van der Waals surface area contributed by atoms with Crippen LogP contribution in [0.5, 0.6) is 0 Å². The van der Waals surface area contributed by atoms with Crippen molar-refractivity contribution in [2.75, 3.05) is 31.1 Å². The predicted molar refractivity (Wildman–Crippen MR) is 59.5 cm³/mol. The molecule has 0 aromatic heterocycles. The van der Waals surface area contributed by atoms with Gasteiger partial charge in [0.25, 0.3) is 0 Å². The molecule has 1 amide bonds. The average molecular weight is 250 g/mol. The number of carbonyl (C=O) groups is 1. The van der Waals surface area contributed by atoms with Crippen LogP contribution in [0.3, 0.4) is 0 Å². The number of β-amino-alcohol motifs (C(OH)–C–C–N with tert-alkyl or cyclic N) is 1. The first kappa shape index (κ1) is 13.4. The van der Waals surface area contributed by atoms with Crippen molar-refractivity contribution >= 4 is 15.7 Å². The molecule has 1 saturated heterocycles. The minimum atomic E-state index is -3.21. The molecule has 1 aliphatic rings. The van der Waals surface area contributed by atoms with Crippen molar-refractivity contribution in [3.05, 3.63) is 0 Å². The molecule has 1 heterocycles. The fraction of sp³-hybridized carbons (Fsp3) is 0.889. The van der Waals surface area contributed by atoms with Gasteiger partial charge in [0.1, 0.15) is 0 Å². The van der Waals surface area contributed by atoms with Crippen molar-refractivity contribution < 1.29 is 18.3 Å². The molecule has 0 radical (unpaired) electrons. The van der Waals surface area contributed by atoms with E-state index in [1.54, 1.807) is 0 Å². The van der Waals surface area contributed by atoms with Crippen molar-refractivity contribution in [1.29, 1.82) is 0 Å². The molecule has 16 heavy (non-hydrogen) atoms. The van der Waals surface area contributed by atoms with Gasteiger partial charge >= 0.3 is 0 Å². The van der Waals surface area contributed by atoms with Crippen LogP contribution in [0, 0.1) is 0 Å². The number of rotatable bonds is 6. The SMILES string of the molecule is NC(=O)CCS(=O)(=O)CCN1CC[C@H](O)C1. The van der Waals surface area contributed by atoms with E-state index in [4.69, 9.17) is 5.73 Å². The second-order valence-electron chi connectivity index (χ2n) is 4.11. The fourth-order valence-corrected chi connectivity index (χ4v) is 2.89. The van der Waals surface area contributed by atoms with Gasteiger partial charge in [0.05, 0.1) is 17.6 Å². The van der Waals surface area contributed by atoms with Crippen molar-refractivity contribution in [2.45, 2.75) is 18.9 Å². The van der Waals surface area contributed by atoms with Gasteiger partial charge in [-0.2, -0.15) is 0 Å². The lowest BCUT2D eigenvalue weighted by Gasteiger charge is -2.14. The van der Waals surface area contributed by atoms with Crippen molar-refractivity contribution in [3.8, 4) is 0 Å². The van der Waals surface area contributed by atoms with E-state index >= 15 is 0 Å². The standard InChI is InChI=1S/C9H18N2O4S/c10-9(13)2-5-16(14,15)6-4-11-3-1-8(12)7-11/h8,12H,1-7H2,(H2,10,13)/t8-/m0/s1. The number of carbonyl (C=O) groups excluding carboxylic acids is 1. The van der Waals surface area contributed by atoms with Crippen LogP contribution in [0.2, 0.25) is 0 Å². The van der Waals surface area contributed by atoms with E-state index in [9.17, 15) is 18.3 Å². The monoisotopic (exact) mass is 250 g/mol. The zero-order chi connectivity index (χ0) is 12.2. The van der Waals surface area contributed by atoms with Crippen LogP contribution in [0.4, 0.5) is 0 Å². The summed E-state index contributed by atoms with van der Waals surface area (Å²) >= 11 is 0. The molecule has 1 fully saturated rings. The van der Waals surface area contributed by atoms with Crippen LogP contribution in [-0.4, -0.2) is 61.6 Å². The molecular formula is C9H18N2O4S. The highest BCUT2D eigenvalue weighted by Gasteiger charge is 2.22. The zero-order valence-electron chi connectivity index (χ0n) is 9.13. The summed E-state index contributed by atoms with van der Waals surface area (Å²) in [5.74, 6) is -0.758. The summed E-state index contributed by atoms with van der Waals surface area (Å²) in [6.45, 7) is 1.68. The van der Waals surface area contributed by atoms with Gasteiger partial charge in [-0.25, -0.2) is 8.42 Å². The molecule has 1 aliphatic heterocycles. The highest BCUT2D eigenvalue weighted by atomic mass is 32.2. The highest BCUT2D eigenvalue weighted by Crippen LogP contribution is 2.08. The van der Waals surface area contributed by atoms with Gasteiger partial charge < -0.3 is 10.8 Å². The van der Waals surface area contributed by atoms with Crippen LogP contribution in [0.25, 0.3) is 0 Å². The molecule has 0 aromatic carbocycles. The largest absolute Gasteiger partial charge is 0.392 e. The summed E-state index contributed by atoms with van der Waals surface area (Å²) in [4.78, 5) is 12.4. The number of nitrogens with two attached hydrogens (primary N) is 1. The Morgan fingerprint density at radius 2 is 2.12 bits per heavy atom. The number of likely N-dealkylation sites (tertiary alicyclic amines) is 1. The molecule has 0 aromatic rings. The van der Waals surface area contributed by atoms with E-state index in [-0.39, 0.29) is 24.0 Å². The highest BCUT2D eigenvalue weighted by molar-refractivity contribution is 7.91. The molecule has 1 atom stereocenters. The molecule has 1 rings (SSSR count). The number of hydrogen-bond donors (Lipinski definition) is 2. The maximum Gasteiger partial charge on any atom is 0.218 e. The molecular weight excluding hydrogens is 232 g/mol. The summed E-state index contributed by atoms with van der Waals surface area (Å²) in [7, 11) is -3.21. The number of sulfone groups is 1. The summed E-state index contributed by atoms with van der Waals surface area (Å²) in [6, 6.07) is 0. The minimum Gasteiger partial charge on any atom is -0.392 e. The summed E-state index contributed by atoms with van der Waals surface area (Å²) in [6.07, 6.45) is 0.236. The van der Waals surface area contributed by atoms with E-state index < -0.39 is 15.7 Å². The first-order chi connectivity index (χ1) is 7.39. The van der Waals surface area contributed by atoms with Crippen LogP contribution >= 0.6 is 0 Å². The van der Waals surface area contributed by atoms with Gasteiger partial charge in [0.15, 0.2) is 9.84 Å². The summed E-state index contributed by atoms with van der Waals surface area (Å²) in [5, 5.41) is 9.25. The normalized spacial score (nSPS) is 22.4. The predicted octanol–water partition coefficient (Wildman–Crippen LogP) is -1.66. The summed E-state index contributed by atoms with van der Waals surface area (Å²) in [5.41, 5.74) is 4.89. The first-order valence-electron chi connectivity index (χ1n) is 5.28. The second kappa shape index (κ2) is 5.60. The number of aliphatic hydroxyl groups is 1. The Morgan fingerprint density at radius 3 is 2.62 bits per heavy atom. The molecule has 0 saturated carbocycles. The van der Waals surface area contributed by atoms with Crippen LogP contribution in [0.1, 0.15) is 12.8 Å². The Kier molecular flexibility index (Phi) is 4.69. The van der Waals surface area contributed by atoms with E-state index in [1.165, 1.54) is 0 Å². The quantitative estimate of drug-likeness (QED) is 0.588. The van der Waals surface area contributed by atoms with Crippen LogP contribution < -0.4 is 5.73 Å². The molecule has 0 aliphatic carbocycles. The Bertz CT molecular complexity index is 341. The van der Waals surface area contributed by atoms with Gasteiger partial charge in [-0.3, -0.25) is 9.69 Å². The Hall–Kier alpha value is -0.660. The smallest absolute Gasteiger partial charge is 0.218 e. The third-order valence-electron chi connectivity index (χ3n) is 2.63. The van der Waals surface area contributed by atoms with Crippen LogP contribution in [0.15, 0.2) is 0 Å². The fourth-order valence-electron chi connectivity index (χ4n) is 1.64. The van der Waals surface area contributed by atoms with Gasteiger partial charge in [-0.05, 0) is 6.42 Å². The number of nitrogens with zero attached hydrogens (tertiary/aromatic N) is 1. The van der Waals surface area contributed by atoms with Gasteiger partial charge in [0, 0.05) is 26.1 Å². The lowest BCUT2D eigenvalue weighted by Crippen LogP contribution is -2.29. The molecule has 0 bridgehead atoms. The molecule has 94 valence electrons. The number of primary amides is 1. The van der Waals surface area contributed by atoms with E-state index in [0.717, 1.165) is 6.54 Å². The molecule has 0 spiro atoms. The maximum atomic E-state index is 11.5. The average Bonchev–Trinajstić information content (AvgIpc) is 2.59. The Morgan fingerprint density at radius 1 is 1.44 bits per heavy atom. The molecule has 0 unspecified atom stereocenters. The Labute approximate surface area is 95.3 Å². The topological polar surface area (TPSA) is 101 Å². The van der Waals surface area contributed by atoms with Crippen molar-refractivity contribution in [3.63, 3.8) is 0 Å². The van der Waals surface area contributed by atoms with E-state index in [1.807, 2.05) is 4.90 Å². The number of aliphatic hydroxyl groups excluding tert-OH is 1. The lowest BCUT2D eigenvalue weighted by atomic mass is 10.3. The van der Waals surface area contributed by atoms with Crippen molar-refractivity contribution in [1.82, 2.24) is 4.90 Å². The third kappa shape index (κ3) is 4.91. The molecule has 6 nitrogen and oxygen atoms in total. The second-order valence-corrected chi connectivity index (χ2v) is 6.41.